The molecule has 0 bridgehead atoms. The summed E-state index contributed by atoms with van der Waals surface area (Å²) in [6.07, 6.45) is 1.66. The number of Topliss-reactive ketones (excluding diaryl/α,β-unsaturated/α-hetero) is 1. The number of hydrogen-bond acceptors (Lipinski definition) is 3. The summed E-state index contributed by atoms with van der Waals surface area (Å²) in [4.78, 5) is 25.8. The van der Waals surface area contributed by atoms with Gasteiger partial charge in [0.1, 0.15) is 0 Å². The molecule has 5 heteroatoms. The summed E-state index contributed by atoms with van der Waals surface area (Å²) in [5, 5.41) is 0. The zero-order chi connectivity index (χ0) is 11.7. The van der Waals surface area contributed by atoms with Gasteiger partial charge in [0.25, 0.3) is 0 Å². The molecule has 1 aliphatic rings. The molecule has 1 aliphatic heterocycles. The first-order chi connectivity index (χ1) is 7.59. The van der Waals surface area contributed by atoms with Gasteiger partial charge in [-0.25, -0.2) is 0 Å². The van der Waals surface area contributed by atoms with Gasteiger partial charge in [-0.15, -0.1) is 11.3 Å². The van der Waals surface area contributed by atoms with Crippen molar-refractivity contribution < 1.29 is 9.59 Å². The number of carbonyl (C=O) groups is 2. The van der Waals surface area contributed by atoms with Crippen molar-refractivity contribution in [2.24, 2.45) is 0 Å². The van der Waals surface area contributed by atoms with Gasteiger partial charge in [0, 0.05) is 13.5 Å². The van der Waals surface area contributed by atoms with Crippen molar-refractivity contribution in [2.45, 2.75) is 25.8 Å². The Kier molecular flexibility index (Phi) is 3.30. The van der Waals surface area contributed by atoms with Gasteiger partial charge in [0.15, 0.2) is 5.78 Å². The fourth-order valence-electron chi connectivity index (χ4n) is 2.03. The third-order valence-electron chi connectivity index (χ3n) is 2.78. The van der Waals surface area contributed by atoms with Crippen LogP contribution in [0.4, 0.5) is 0 Å². The van der Waals surface area contributed by atoms with Crippen LogP contribution in [-0.4, -0.2) is 29.2 Å². The molecule has 0 saturated carbocycles. The molecule has 86 valence electrons. The van der Waals surface area contributed by atoms with Crippen LogP contribution in [0.2, 0.25) is 4.34 Å². The van der Waals surface area contributed by atoms with Crippen molar-refractivity contribution in [2.75, 3.05) is 6.54 Å². The minimum absolute atomic E-state index is 0.0181. The van der Waals surface area contributed by atoms with Crippen molar-refractivity contribution >= 4 is 34.6 Å². The van der Waals surface area contributed by atoms with Gasteiger partial charge in [-0.3, -0.25) is 9.59 Å². The maximum absolute atomic E-state index is 12.1. The fraction of sp³-hybridized carbons (Fsp3) is 0.455. The van der Waals surface area contributed by atoms with E-state index in [4.69, 9.17) is 11.6 Å². The Morgan fingerprint density at radius 3 is 2.81 bits per heavy atom. The van der Waals surface area contributed by atoms with Gasteiger partial charge in [-0.1, -0.05) is 11.6 Å². The summed E-state index contributed by atoms with van der Waals surface area (Å²) in [7, 11) is 0. The van der Waals surface area contributed by atoms with Crippen LogP contribution < -0.4 is 0 Å². The van der Waals surface area contributed by atoms with Crippen molar-refractivity contribution in [3.05, 3.63) is 21.3 Å². The van der Waals surface area contributed by atoms with Gasteiger partial charge in [0.2, 0.25) is 5.91 Å². The lowest BCUT2D eigenvalue weighted by Crippen LogP contribution is -2.38. The second-order valence-corrected chi connectivity index (χ2v) is 5.55. The molecule has 1 aromatic rings. The first kappa shape index (κ1) is 11.6. The highest BCUT2D eigenvalue weighted by Crippen LogP contribution is 2.27. The number of ketones is 1. The Morgan fingerprint density at radius 2 is 2.25 bits per heavy atom. The first-order valence-electron chi connectivity index (χ1n) is 5.16. The van der Waals surface area contributed by atoms with E-state index < -0.39 is 0 Å². The molecule has 1 atom stereocenters. The number of thiophene rings is 1. The molecule has 1 unspecified atom stereocenters. The molecular formula is C11H12ClNO2S. The molecule has 16 heavy (non-hydrogen) atoms. The molecule has 0 N–H and O–H groups in total. The van der Waals surface area contributed by atoms with E-state index in [9.17, 15) is 9.59 Å². The Morgan fingerprint density at radius 1 is 1.50 bits per heavy atom. The largest absolute Gasteiger partial charge is 0.332 e. The normalized spacial score (nSPS) is 20.1. The summed E-state index contributed by atoms with van der Waals surface area (Å²) >= 11 is 7.07. The molecule has 2 rings (SSSR count). The van der Waals surface area contributed by atoms with E-state index in [1.807, 2.05) is 0 Å². The molecule has 0 aliphatic carbocycles. The molecular weight excluding hydrogens is 246 g/mol. The van der Waals surface area contributed by atoms with Crippen molar-refractivity contribution in [3.63, 3.8) is 0 Å². The van der Waals surface area contributed by atoms with E-state index in [-0.39, 0.29) is 17.7 Å². The van der Waals surface area contributed by atoms with Crippen LogP contribution in [0.25, 0.3) is 0 Å². The van der Waals surface area contributed by atoms with Gasteiger partial charge in [-0.05, 0) is 25.0 Å². The van der Waals surface area contributed by atoms with E-state index in [1.54, 1.807) is 17.0 Å². The summed E-state index contributed by atoms with van der Waals surface area (Å²) in [6.45, 7) is 2.19. The highest BCUT2D eigenvalue weighted by Gasteiger charge is 2.33. The molecule has 1 aromatic heterocycles. The third-order valence-corrected chi connectivity index (χ3v) is 4.02. The monoisotopic (exact) mass is 257 g/mol. The maximum Gasteiger partial charge on any atom is 0.220 e. The Hall–Kier alpha value is -0.870. The number of hydrogen-bond donors (Lipinski definition) is 0. The topological polar surface area (TPSA) is 37.4 Å². The highest BCUT2D eigenvalue weighted by atomic mass is 35.5. The zero-order valence-corrected chi connectivity index (χ0v) is 10.5. The Labute approximate surface area is 103 Å². The van der Waals surface area contributed by atoms with Crippen molar-refractivity contribution in [1.29, 1.82) is 0 Å². The molecule has 1 amide bonds. The number of halogens is 1. The van der Waals surface area contributed by atoms with Crippen LogP contribution in [-0.2, 0) is 4.79 Å². The number of amides is 1. The number of likely N-dealkylation sites (tertiary alicyclic amines) is 1. The van der Waals surface area contributed by atoms with Gasteiger partial charge in [-0.2, -0.15) is 0 Å². The Balaban J connectivity index is 2.18. The molecule has 1 saturated heterocycles. The third kappa shape index (κ3) is 2.13. The summed E-state index contributed by atoms with van der Waals surface area (Å²) in [6, 6.07) is 3.16. The predicted octanol–water partition coefficient (Wildman–Crippen LogP) is 2.60. The number of carbonyl (C=O) groups excluding carboxylic acids is 2. The fourth-order valence-corrected chi connectivity index (χ4v) is 3.06. The van der Waals surface area contributed by atoms with E-state index in [2.05, 4.69) is 0 Å². The van der Waals surface area contributed by atoms with Gasteiger partial charge < -0.3 is 4.90 Å². The molecule has 2 heterocycles. The predicted molar refractivity (Wildman–Crippen MR) is 64.1 cm³/mol. The van der Waals surface area contributed by atoms with Crippen LogP contribution in [0, 0.1) is 0 Å². The average Bonchev–Trinajstić information content (AvgIpc) is 2.84. The van der Waals surface area contributed by atoms with Crippen LogP contribution in [0.15, 0.2) is 12.1 Å². The van der Waals surface area contributed by atoms with Crippen LogP contribution >= 0.6 is 22.9 Å². The van der Waals surface area contributed by atoms with Crippen molar-refractivity contribution in [3.8, 4) is 0 Å². The molecule has 0 spiro atoms. The number of rotatable bonds is 2. The highest BCUT2D eigenvalue weighted by molar-refractivity contribution is 7.18. The lowest BCUT2D eigenvalue weighted by Gasteiger charge is -2.21. The van der Waals surface area contributed by atoms with Gasteiger partial charge >= 0.3 is 0 Å². The lowest BCUT2D eigenvalue weighted by atomic mass is 10.1. The quantitative estimate of drug-likeness (QED) is 0.764. The SMILES string of the molecule is CC(=O)N1CCCC1C(=O)c1ccc(Cl)s1. The van der Waals surface area contributed by atoms with E-state index >= 15 is 0 Å². The average molecular weight is 258 g/mol. The zero-order valence-electron chi connectivity index (χ0n) is 8.90. The minimum Gasteiger partial charge on any atom is -0.332 e. The molecule has 3 nitrogen and oxygen atoms in total. The summed E-state index contributed by atoms with van der Waals surface area (Å²) in [5.41, 5.74) is 0. The smallest absolute Gasteiger partial charge is 0.220 e. The van der Waals surface area contributed by atoms with Crippen LogP contribution in [0.3, 0.4) is 0 Å². The van der Waals surface area contributed by atoms with Gasteiger partial charge in [0.05, 0.1) is 15.3 Å². The Bertz CT molecular complexity index is 429. The minimum atomic E-state index is -0.285. The lowest BCUT2D eigenvalue weighted by molar-refractivity contribution is -0.128. The summed E-state index contributed by atoms with van der Waals surface area (Å²) in [5.74, 6) is -0.0110. The standard InChI is InChI=1S/C11H12ClNO2S/c1-7(14)13-6-2-3-8(13)11(15)9-4-5-10(12)16-9/h4-5,8H,2-3,6H2,1H3. The van der Waals surface area contributed by atoms with E-state index in [0.29, 0.717) is 15.8 Å². The first-order valence-corrected chi connectivity index (χ1v) is 6.36. The van der Waals surface area contributed by atoms with E-state index in [1.165, 1.54) is 18.3 Å². The van der Waals surface area contributed by atoms with Crippen molar-refractivity contribution in [1.82, 2.24) is 4.90 Å². The maximum atomic E-state index is 12.1. The molecule has 1 fully saturated rings. The summed E-state index contributed by atoms with van der Waals surface area (Å²) < 4.78 is 0.607. The second-order valence-electron chi connectivity index (χ2n) is 3.84. The second kappa shape index (κ2) is 4.55. The molecule has 0 radical (unpaired) electrons. The van der Waals surface area contributed by atoms with E-state index in [0.717, 1.165) is 12.8 Å². The van der Waals surface area contributed by atoms with Crippen LogP contribution in [0.5, 0.6) is 0 Å². The number of nitrogens with zero attached hydrogens (tertiary/aromatic N) is 1. The molecule has 0 aromatic carbocycles. The van der Waals surface area contributed by atoms with Crippen LogP contribution in [0.1, 0.15) is 29.4 Å².